The van der Waals surface area contributed by atoms with Gasteiger partial charge in [-0.1, -0.05) is 12.8 Å². The average Bonchev–Trinajstić information content (AvgIpc) is 2.94. The number of aliphatic carboxylic acids is 1. The van der Waals surface area contributed by atoms with Crippen molar-refractivity contribution in [3.05, 3.63) is 35.4 Å². The molecule has 1 N–H and O–H groups in total. The largest absolute Gasteiger partial charge is 0.480 e. The van der Waals surface area contributed by atoms with E-state index in [1.807, 2.05) is 6.07 Å². The molecule has 0 radical (unpaired) electrons. The van der Waals surface area contributed by atoms with Crippen molar-refractivity contribution in [3.63, 3.8) is 0 Å². The molecule has 1 saturated heterocycles. The normalized spacial score (nSPS) is 27.0. The Bertz CT molecular complexity index is 632. The molecule has 114 valence electrons. The molecular weight excluding hydrogens is 280 g/mol. The molecule has 1 aromatic rings. The van der Waals surface area contributed by atoms with Gasteiger partial charge in [0.2, 0.25) is 0 Å². The Morgan fingerprint density at radius 1 is 1.18 bits per heavy atom. The Morgan fingerprint density at radius 3 is 2.50 bits per heavy atom. The maximum Gasteiger partial charge on any atom is 0.326 e. The van der Waals surface area contributed by atoms with Crippen molar-refractivity contribution >= 4 is 11.9 Å². The first-order valence-electron chi connectivity index (χ1n) is 7.67. The van der Waals surface area contributed by atoms with Crippen LogP contribution in [0.5, 0.6) is 0 Å². The zero-order valence-electron chi connectivity index (χ0n) is 12.2. The van der Waals surface area contributed by atoms with Crippen LogP contribution < -0.4 is 0 Å². The lowest BCUT2D eigenvalue weighted by Gasteiger charge is -2.33. The Hall–Kier alpha value is -2.35. The summed E-state index contributed by atoms with van der Waals surface area (Å²) in [6.45, 7) is 0. The van der Waals surface area contributed by atoms with Gasteiger partial charge >= 0.3 is 5.97 Å². The molecule has 3 atom stereocenters. The summed E-state index contributed by atoms with van der Waals surface area (Å²) in [5, 5.41) is 18.3. The van der Waals surface area contributed by atoms with Crippen LogP contribution in [0, 0.1) is 17.2 Å². The minimum atomic E-state index is -0.920. The summed E-state index contributed by atoms with van der Waals surface area (Å²) in [5.74, 6) is -0.847. The molecule has 3 unspecified atom stereocenters. The van der Waals surface area contributed by atoms with Crippen molar-refractivity contribution in [2.45, 2.75) is 44.2 Å². The van der Waals surface area contributed by atoms with Crippen LogP contribution in [0.25, 0.3) is 0 Å². The van der Waals surface area contributed by atoms with E-state index in [-0.39, 0.29) is 11.9 Å². The third-order valence-electron chi connectivity index (χ3n) is 4.87. The van der Waals surface area contributed by atoms with Crippen molar-refractivity contribution < 1.29 is 14.7 Å². The van der Waals surface area contributed by atoms with E-state index in [2.05, 4.69) is 0 Å². The molecule has 5 heteroatoms. The Balaban J connectivity index is 1.90. The minimum absolute atomic E-state index is 0.0398. The van der Waals surface area contributed by atoms with E-state index in [0.29, 0.717) is 23.5 Å². The number of carboxylic acid groups (broad SMARTS) is 1. The van der Waals surface area contributed by atoms with Crippen LogP contribution in [0.2, 0.25) is 0 Å². The molecule has 1 aromatic carbocycles. The first kappa shape index (κ1) is 14.6. The highest BCUT2D eigenvalue weighted by Gasteiger charge is 2.47. The van der Waals surface area contributed by atoms with Crippen molar-refractivity contribution in [3.8, 4) is 6.07 Å². The molecule has 0 spiro atoms. The summed E-state index contributed by atoms with van der Waals surface area (Å²) < 4.78 is 0. The predicted octanol–water partition coefficient (Wildman–Crippen LogP) is 2.42. The number of rotatable bonds is 2. The number of nitrogens with zero attached hydrogens (tertiary/aromatic N) is 2. The van der Waals surface area contributed by atoms with Crippen molar-refractivity contribution in [1.29, 1.82) is 5.26 Å². The molecule has 1 saturated carbocycles. The van der Waals surface area contributed by atoms with Gasteiger partial charge in [0.1, 0.15) is 6.04 Å². The fourth-order valence-electron chi connectivity index (χ4n) is 3.81. The number of nitriles is 1. The molecule has 1 amide bonds. The number of carbonyl (C=O) groups is 2. The summed E-state index contributed by atoms with van der Waals surface area (Å²) >= 11 is 0. The third kappa shape index (κ3) is 2.45. The van der Waals surface area contributed by atoms with E-state index in [0.717, 1.165) is 25.7 Å². The number of carboxylic acids is 1. The molecule has 2 aliphatic rings. The van der Waals surface area contributed by atoms with Gasteiger partial charge < -0.3 is 10.0 Å². The first-order chi connectivity index (χ1) is 10.6. The first-order valence-corrected chi connectivity index (χ1v) is 7.67. The number of fused-ring (bicyclic) bond motifs is 1. The molecule has 3 rings (SSSR count). The fourth-order valence-corrected chi connectivity index (χ4v) is 3.81. The molecule has 22 heavy (non-hydrogen) atoms. The number of benzene rings is 1. The number of hydrogen-bond acceptors (Lipinski definition) is 3. The van der Waals surface area contributed by atoms with Crippen LogP contribution in [0.4, 0.5) is 0 Å². The average molecular weight is 298 g/mol. The van der Waals surface area contributed by atoms with E-state index in [4.69, 9.17) is 5.26 Å². The van der Waals surface area contributed by atoms with E-state index < -0.39 is 12.0 Å². The molecule has 1 heterocycles. The van der Waals surface area contributed by atoms with E-state index >= 15 is 0 Å². The molecule has 1 aliphatic heterocycles. The SMILES string of the molecule is N#Cc1ccc(C(=O)N2C(C(=O)O)CC3CCCCC32)cc1. The standard InChI is InChI=1S/C17H18N2O3/c18-10-11-5-7-12(8-6-11)16(20)19-14-4-2-1-3-13(14)9-15(19)17(21)22/h5-8,13-15H,1-4,9H2,(H,21,22). The smallest absolute Gasteiger partial charge is 0.326 e. The number of carbonyl (C=O) groups excluding carboxylic acids is 1. The minimum Gasteiger partial charge on any atom is -0.480 e. The summed E-state index contributed by atoms with van der Waals surface area (Å²) in [7, 11) is 0. The van der Waals surface area contributed by atoms with Gasteiger partial charge in [-0.25, -0.2) is 4.79 Å². The van der Waals surface area contributed by atoms with E-state index in [9.17, 15) is 14.7 Å². The molecule has 2 fully saturated rings. The van der Waals surface area contributed by atoms with Gasteiger partial charge in [-0.2, -0.15) is 5.26 Å². The molecule has 0 bridgehead atoms. The topological polar surface area (TPSA) is 81.4 Å². The van der Waals surface area contributed by atoms with E-state index in [1.165, 1.54) is 0 Å². The fraction of sp³-hybridized carbons (Fsp3) is 0.471. The maximum absolute atomic E-state index is 12.8. The predicted molar refractivity (Wildman–Crippen MR) is 79.1 cm³/mol. The van der Waals surface area contributed by atoms with Gasteiger partial charge in [0.15, 0.2) is 0 Å². The van der Waals surface area contributed by atoms with Crippen LogP contribution in [-0.4, -0.2) is 34.0 Å². The van der Waals surface area contributed by atoms with Crippen molar-refractivity contribution in [1.82, 2.24) is 4.90 Å². The van der Waals surface area contributed by atoms with Gasteiger partial charge in [0.25, 0.3) is 5.91 Å². The lowest BCUT2D eigenvalue weighted by atomic mass is 9.84. The molecule has 5 nitrogen and oxygen atoms in total. The van der Waals surface area contributed by atoms with Gasteiger partial charge in [0, 0.05) is 11.6 Å². The number of amides is 1. The van der Waals surface area contributed by atoms with Crippen LogP contribution in [0.15, 0.2) is 24.3 Å². The third-order valence-corrected chi connectivity index (χ3v) is 4.87. The number of likely N-dealkylation sites (tertiary alicyclic amines) is 1. The highest BCUT2D eigenvalue weighted by atomic mass is 16.4. The molecule has 1 aliphatic carbocycles. The van der Waals surface area contributed by atoms with Crippen LogP contribution in [0.3, 0.4) is 0 Å². The molecular formula is C17H18N2O3. The number of hydrogen-bond donors (Lipinski definition) is 1. The Morgan fingerprint density at radius 2 is 1.86 bits per heavy atom. The van der Waals surface area contributed by atoms with Crippen LogP contribution in [-0.2, 0) is 4.79 Å². The Labute approximate surface area is 129 Å². The highest BCUT2D eigenvalue weighted by Crippen LogP contribution is 2.40. The van der Waals surface area contributed by atoms with Gasteiger partial charge in [0.05, 0.1) is 11.6 Å². The van der Waals surface area contributed by atoms with Gasteiger partial charge in [-0.3, -0.25) is 4.79 Å². The monoisotopic (exact) mass is 298 g/mol. The second-order valence-corrected chi connectivity index (χ2v) is 6.10. The van der Waals surface area contributed by atoms with Crippen LogP contribution >= 0.6 is 0 Å². The highest BCUT2D eigenvalue weighted by molar-refractivity contribution is 5.97. The Kier molecular flexibility index (Phi) is 3.84. The molecule has 0 aromatic heterocycles. The van der Waals surface area contributed by atoms with Crippen LogP contribution in [0.1, 0.15) is 48.0 Å². The summed E-state index contributed by atoms with van der Waals surface area (Å²) in [5.41, 5.74) is 0.944. The van der Waals surface area contributed by atoms with Gasteiger partial charge in [-0.15, -0.1) is 0 Å². The summed E-state index contributed by atoms with van der Waals surface area (Å²) in [4.78, 5) is 25.9. The summed E-state index contributed by atoms with van der Waals surface area (Å²) in [6.07, 6.45) is 4.61. The van der Waals surface area contributed by atoms with Gasteiger partial charge in [-0.05, 0) is 49.4 Å². The zero-order valence-corrected chi connectivity index (χ0v) is 12.2. The maximum atomic E-state index is 12.8. The van der Waals surface area contributed by atoms with E-state index in [1.54, 1.807) is 29.2 Å². The zero-order chi connectivity index (χ0) is 15.7. The summed E-state index contributed by atoms with van der Waals surface area (Å²) in [6, 6.07) is 7.73. The lowest BCUT2D eigenvalue weighted by molar-refractivity contribution is -0.141. The van der Waals surface area contributed by atoms with Crippen molar-refractivity contribution in [2.75, 3.05) is 0 Å². The lowest BCUT2D eigenvalue weighted by Crippen LogP contribution is -2.46. The second-order valence-electron chi connectivity index (χ2n) is 6.10. The second kappa shape index (κ2) is 5.80. The quantitative estimate of drug-likeness (QED) is 0.909. The van der Waals surface area contributed by atoms with Crippen molar-refractivity contribution in [2.24, 2.45) is 5.92 Å².